The molecule has 1 amide bonds. The van der Waals surface area contributed by atoms with E-state index >= 15 is 0 Å². The molecule has 0 aliphatic carbocycles. The maximum absolute atomic E-state index is 12.7. The Morgan fingerprint density at radius 3 is 2.52 bits per heavy atom. The number of nitrogen functional groups attached to an aromatic ring is 1. The Hall–Kier alpha value is -2.64. The predicted molar refractivity (Wildman–Crippen MR) is 125 cm³/mol. The molecule has 1 saturated heterocycles. The molecule has 1 aliphatic rings. The van der Waals surface area contributed by atoms with Crippen LogP contribution in [0.25, 0.3) is 0 Å². The van der Waals surface area contributed by atoms with Gasteiger partial charge in [-0.15, -0.1) is 0 Å². The summed E-state index contributed by atoms with van der Waals surface area (Å²) in [4.78, 5) is 21.4. The van der Waals surface area contributed by atoms with Crippen LogP contribution in [0.2, 0.25) is 0 Å². The normalized spacial score (nSPS) is 15.6. The molecule has 1 fully saturated rings. The number of hydrogen-bond acceptors (Lipinski definition) is 6. The van der Waals surface area contributed by atoms with Gasteiger partial charge in [-0.3, -0.25) is 4.79 Å². The second kappa shape index (κ2) is 11.1. The SMILES string of the molecule is CCCC(CCO)Nc1cc(N)nc(Cc2ccc(C(=O)N3CCN(C)CC3)cc2)c1. The van der Waals surface area contributed by atoms with Crippen molar-refractivity contribution in [2.75, 3.05) is 50.9 Å². The largest absolute Gasteiger partial charge is 0.396 e. The van der Waals surface area contributed by atoms with E-state index in [0.717, 1.165) is 61.5 Å². The van der Waals surface area contributed by atoms with E-state index in [1.807, 2.05) is 41.3 Å². The van der Waals surface area contributed by atoms with E-state index in [0.29, 0.717) is 18.7 Å². The third-order valence-electron chi connectivity index (χ3n) is 5.76. The number of anilines is 2. The van der Waals surface area contributed by atoms with Gasteiger partial charge in [0.1, 0.15) is 5.82 Å². The second-order valence-electron chi connectivity index (χ2n) is 8.38. The molecule has 7 nitrogen and oxygen atoms in total. The minimum absolute atomic E-state index is 0.0964. The minimum atomic E-state index is 0.0964. The van der Waals surface area contributed by atoms with Crippen molar-refractivity contribution in [3.05, 3.63) is 53.2 Å². The topological polar surface area (TPSA) is 94.7 Å². The van der Waals surface area contributed by atoms with Gasteiger partial charge >= 0.3 is 0 Å². The number of likely N-dealkylation sites (N-methyl/N-ethyl adjacent to an activating group) is 1. The van der Waals surface area contributed by atoms with E-state index in [1.165, 1.54) is 0 Å². The number of aliphatic hydroxyl groups is 1. The zero-order valence-corrected chi connectivity index (χ0v) is 18.7. The summed E-state index contributed by atoms with van der Waals surface area (Å²) in [6.07, 6.45) is 3.38. The maximum atomic E-state index is 12.7. The van der Waals surface area contributed by atoms with E-state index in [2.05, 4.69) is 29.2 Å². The first-order chi connectivity index (χ1) is 15.0. The molecule has 1 unspecified atom stereocenters. The van der Waals surface area contributed by atoms with Crippen LogP contribution in [0.4, 0.5) is 11.5 Å². The first-order valence-corrected chi connectivity index (χ1v) is 11.2. The monoisotopic (exact) mass is 425 g/mol. The zero-order chi connectivity index (χ0) is 22.2. The van der Waals surface area contributed by atoms with E-state index in [4.69, 9.17) is 5.73 Å². The number of aliphatic hydroxyl groups excluding tert-OH is 1. The number of amides is 1. The fourth-order valence-electron chi connectivity index (χ4n) is 3.98. The highest BCUT2D eigenvalue weighted by molar-refractivity contribution is 5.94. The number of nitrogens with two attached hydrogens (primary N) is 1. The molecule has 3 rings (SSSR count). The number of rotatable bonds is 9. The molecular formula is C24H35N5O2. The van der Waals surface area contributed by atoms with E-state index in [9.17, 15) is 9.90 Å². The van der Waals surface area contributed by atoms with Crippen molar-refractivity contribution < 1.29 is 9.90 Å². The van der Waals surface area contributed by atoms with Gasteiger partial charge in [0.2, 0.25) is 0 Å². The lowest BCUT2D eigenvalue weighted by Crippen LogP contribution is -2.47. The number of hydrogen-bond donors (Lipinski definition) is 3. The molecule has 2 heterocycles. The summed E-state index contributed by atoms with van der Waals surface area (Å²) in [5, 5.41) is 12.8. The number of benzene rings is 1. The van der Waals surface area contributed by atoms with Crippen molar-refractivity contribution in [2.45, 2.75) is 38.6 Å². The molecule has 1 aromatic heterocycles. The number of carbonyl (C=O) groups excluding carboxylic acids is 1. The Morgan fingerprint density at radius 1 is 1.16 bits per heavy atom. The van der Waals surface area contributed by atoms with Crippen molar-refractivity contribution in [1.82, 2.24) is 14.8 Å². The number of nitrogens with one attached hydrogen (secondary N) is 1. The Balaban J connectivity index is 1.65. The van der Waals surface area contributed by atoms with Crippen LogP contribution in [0.5, 0.6) is 0 Å². The number of nitrogens with zero attached hydrogens (tertiary/aromatic N) is 3. The summed E-state index contributed by atoms with van der Waals surface area (Å²) >= 11 is 0. The molecule has 7 heteroatoms. The molecule has 1 aliphatic heterocycles. The molecule has 0 radical (unpaired) electrons. The quantitative estimate of drug-likeness (QED) is 0.572. The average Bonchev–Trinajstić information content (AvgIpc) is 2.74. The van der Waals surface area contributed by atoms with Gasteiger partial charge < -0.3 is 26.0 Å². The lowest BCUT2D eigenvalue weighted by Gasteiger charge is -2.32. The molecule has 0 bridgehead atoms. The van der Waals surface area contributed by atoms with Crippen LogP contribution in [0.3, 0.4) is 0 Å². The summed E-state index contributed by atoms with van der Waals surface area (Å²) in [5.74, 6) is 0.570. The number of aromatic nitrogens is 1. The number of pyridine rings is 1. The Bertz CT molecular complexity index is 842. The second-order valence-corrected chi connectivity index (χ2v) is 8.38. The van der Waals surface area contributed by atoms with Crippen molar-refractivity contribution in [1.29, 1.82) is 0 Å². The zero-order valence-electron chi connectivity index (χ0n) is 18.7. The summed E-state index contributed by atoms with van der Waals surface area (Å²) < 4.78 is 0. The highest BCUT2D eigenvalue weighted by Crippen LogP contribution is 2.19. The van der Waals surface area contributed by atoms with Gasteiger partial charge in [0.05, 0.1) is 0 Å². The van der Waals surface area contributed by atoms with Crippen molar-refractivity contribution >= 4 is 17.4 Å². The molecule has 168 valence electrons. The van der Waals surface area contributed by atoms with Crippen LogP contribution < -0.4 is 11.1 Å². The minimum Gasteiger partial charge on any atom is -0.396 e. The highest BCUT2D eigenvalue weighted by atomic mass is 16.3. The standard InChI is InChI=1S/C24H35N5O2/c1-3-4-20(9-14-30)26-22-16-21(27-23(25)17-22)15-18-5-7-19(8-6-18)24(31)29-12-10-28(2)11-13-29/h5-8,16-17,20,30H,3-4,9-15H2,1-2H3,(H3,25,26,27). The van der Waals surface area contributed by atoms with E-state index in [-0.39, 0.29) is 18.6 Å². The number of piperazine rings is 1. The predicted octanol–water partition coefficient (Wildman–Crippen LogP) is 2.61. The van der Waals surface area contributed by atoms with Gasteiger partial charge in [0.15, 0.2) is 0 Å². The maximum Gasteiger partial charge on any atom is 0.253 e. The fourth-order valence-corrected chi connectivity index (χ4v) is 3.98. The van der Waals surface area contributed by atoms with Gasteiger partial charge in [-0.05, 0) is 43.7 Å². The third kappa shape index (κ3) is 6.67. The van der Waals surface area contributed by atoms with Crippen LogP contribution in [0, 0.1) is 0 Å². The van der Waals surface area contributed by atoms with E-state index < -0.39 is 0 Å². The van der Waals surface area contributed by atoms with Gasteiger partial charge in [0.25, 0.3) is 5.91 Å². The summed E-state index contributed by atoms with van der Waals surface area (Å²) in [7, 11) is 2.08. The molecule has 1 aromatic carbocycles. The van der Waals surface area contributed by atoms with Crippen LogP contribution in [-0.4, -0.2) is 71.7 Å². The number of carbonyl (C=O) groups is 1. The Kier molecular flexibility index (Phi) is 8.26. The molecule has 31 heavy (non-hydrogen) atoms. The Labute approximate surface area is 185 Å². The molecule has 0 spiro atoms. The van der Waals surface area contributed by atoms with Crippen LogP contribution in [0.15, 0.2) is 36.4 Å². The fraction of sp³-hybridized carbons (Fsp3) is 0.500. The summed E-state index contributed by atoms with van der Waals surface area (Å²) in [5.41, 5.74) is 9.65. The smallest absolute Gasteiger partial charge is 0.253 e. The van der Waals surface area contributed by atoms with Crippen molar-refractivity contribution in [3.8, 4) is 0 Å². The molecule has 4 N–H and O–H groups in total. The van der Waals surface area contributed by atoms with Crippen LogP contribution >= 0.6 is 0 Å². The molecule has 0 saturated carbocycles. The van der Waals surface area contributed by atoms with Gasteiger partial charge in [-0.25, -0.2) is 4.98 Å². The van der Waals surface area contributed by atoms with Gasteiger partial charge in [-0.1, -0.05) is 25.5 Å². The van der Waals surface area contributed by atoms with E-state index in [1.54, 1.807) is 0 Å². The first-order valence-electron chi connectivity index (χ1n) is 11.2. The molecule has 1 atom stereocenters. The van der Waals surface area contributed by atoms with Crippen molar-refractivity contribution in [2.24, 2.45) is 0 Å². The lowest BCUT2D eigenvalue weighted by atomic mass is 10.0. The highest BCUT2D eigenvalue weighted by Gasteiger charge is 2.20. The van der Waals surface area contributed by atoms with Crippen molar-refractivity contribution in [3.63, 3.8) is 0 Å². The first kappa shape index (κ1) is 23.0. The lowest BCUT2D eigenvalue weighted by molar-refractivity contribution is 0.0664. The van der Waals surface area contributed by atoms with Gasteiger partial charge in [0, 0.05) is 68.3 Å². The Morgan fingerprint density at radius 2 is 1.87 bits per heavy atom. The molecule has 2 aromatic rings. The summed E-state index contributed by atoms with van der Waals surface area (Å²) in [6.45, 7) is 5.67. The average molecular weight is 426 g/mol. The third-order valence-corrected chi connectivity index (χ3v) is 5.76. The van der Waals surface area contributed by atoms with Crippen LogP contribution in [0.1, 0.15) is 47.8 Å². The molecular weight excluding hydrogens is 390 g/mol. The van der Waals surface area contributed by atoms with Gasteiger partial charge in [-0.2, -0.15) is 0 Å². The summed E-state index contributed by atoms with van der Waals surface area (Å²) in [6, 6.07) is 11.9. The van der Waals surface area contributed by atoms with Crippen LogP contribution in [-0.2, 0) is 6.42 Å².